The van der Waals surface area contributed by atoms with Crippen molar-refractivity contribution in [2.45, 2.75) is 26.7 Å². The second kappa shape index (κ2) is 5.84. The topological polar surface area (TPSA) is 22.1 Å². The number of pyridine rings is 1. The van der Waals surface area contributed by atoms with Gasteiger partial charge in [0.05, 0.1) is 6.61 Å². The SMILES string of the molecule is CCCC(C)COc1c(F)c(F)nc(F)c1F. The maximum atomic E-state index is 13.1. The highest BCUT2D eigenvalue weighted by molar-refractivity contribution is 5.24. The van der Waals surface area contributed by atoms with Crippen LogP contribution in [0.1, 0.15) is 26.7 Å². The van der Waals surface area contributed by atoms with Crippen LogP contribution in [0.15, 0.2) is 0 Å². The first-order valence-corrected chi connectivity index (χ1v) is 5.30. The van der Waals surface area contributed by atoms with Gasteiger partial charge in [-0.15, -0.1) is 0 Å². The molecule has 1 unspecified atom stereocenters. The molecule has 2 nitrogen and oxygen atoms in total. The van der Waals surface area contributed by atoms with E-state index in [2.05, 4.69) is 4.98 Å². The summed E-state index contributed by atoms with van der Waals surface area (Å²) in [7, 11) is 0. The summed E-state index contributed by atoms with van der Waals surface area (Å²) in [6, 6.07) is 0. The fourth-order valence-electron chi connectivity index (χ4n) is 1.40. The molecule has 0 aliphatic rings. The van der Waals surface area contributed by atoms with Gasteiger partial charge in [-0.1, -0.05) is 20.3 Å². The summed E-state index contributed by atoms with van der Waals surface area (Å²) in [5, 5.41) is 0. The predicted octanol–water partition coefficient (Wildman–Crippen LogP) is 3.45. The summed E-state index contributed by atoms with van der Waals surface area (Å²) in [6.07, 6.45) is 1.67. The Hall–Kier alpha value is -1.33. The molecule has 0 fully saturated rings. The third-order valence-electron chi connectivity index (χ3n) is 2.25. The van der Waals surface area contributed by atoms with Gasteiger partial charge in [-0.25, -0.2) is 0 Å². The van der Waals surface area contributed by atoms with Crippen molar-refractivity contribution in [1.29, 1.82) is 0 Å². The average molecular weight is 251 g/mol. The van der Waals surface area contributed by atoms with E-state index in [1.807, 2.05) is 13.8 Å². The minimum atomic E-state index is -1.71. The third kappa shape index (κ3) is 3.31. The summed E-state index contributed by atoms with van der Waals surface area (Å²) in [4.78, 5) is 2.43. The lowest BCUT2D eigenvalue weighted by Gasteiger charge is -2.13. The lowest BCUT2D eigenvalue weighted by Crippen LogP contribution is -2.12. The highest BCUT2D eigenvalue weighted by Crippen LogP contribution is 2.25. The number of ether oxygens (including phenoxy) is 1. The van der Waals surface area contributed by atoms with E-state index in [0.717, 1.165) is 12.8 Å². The lowest BCUT2D eigenvalue weighted by molar-refractivity contribution is 0.220. The van der Waals surface area contributed by atoms with Crippen molar-refractivity contribution in [3.8, 4) is 5.75 Å². The molecule has 0 aliphatic carbocycles. The van der Waals surface area contributed by atoms with Gasteiger partial charge >= 0.3 is 0 Å². The van der Waals surface area contributed by atoms with Gasteiger partial charge in [0, 0.05) is 0 Å². The van der Waals surface area contributed by atoms with Crippen LogP contribution in [-0.4, -0.2) is 11.6 Å². The van der Waals surface area contributed by atoms with E-state index in [1.165, 1.54) is 0 Å². The van der Waals surface area contributed by atoms with Gasteiger partial charge in [-0.3, -0.25) is 0 Å². The minimum absolute atomic E-state index is 0.00935. The highest BCUT2D eigenvalue weighted by atomic mass is 19.2. The molecule has 1 heterocycles. The fraction of sp³-hybridized carbons (Fsp3) is 0.545. The summed E-state index contributed by atoms with van der Waals surface area (Å²) in [6.45, 7) is 3.75. The van der Waals surface area contributed by atoms with Crippen LogP contribution in [0.4, 0.5) is 17.6 Å². The Labute approximate surface area is 96.6 Å². The molecular weight excluding hydrogens is 238 g/mol. The van der Waals surface area contributed by atoms with Crippen LogP contribution in [0.5, 0.6) is 5.75 Å². The van der Waals surface area contributed by atoms with Gasteiger partial charge in [0.1, 0.15) is 0 Å². The second-order valence-electron chi connectivity index (χ2n) is 3.86. The van der Waals surface area contributed by atoms with Crippen molar-refractivity contribution >= 4 is 0 Å². The van der Waals surface area contributed by atoms with E-state index < -0.39 is 29.3 Å². The van der Waals surface area contributed by atoms with Crippen molar-refractivity contribution in [3.63, 3.8) is 0 Å². The first-order valence-electron chi connectivity index (χ1n) is 5.30. The van der Waals surface area contributed by atoms with Crippen molar-refractivity contribution in [3.05, 3.63) is 23.5 Å². The Morgan fingerprint density at radius 2 is 1.65 bits per heavy atom. The number of hydrogen-bond donors (Lipinski definition) is 0. The zero-order valence-corrected chi connectivity index (χ0v) is 9.57. The van der Waals surface area contributed by atoms with Crippen LogP contribution in [0.3, 0.4) is 0 Å². The summed E-state index contributed by atoms with van der Waals surface area (Å²) in [5.74, 6) is -7.62. The summed E-state index contributed by atoms with van der Waals surface area (Å²) < 4.78 is 56.4. The quantitative estimate of drug-likeness (QED) is 0.590. The fourth-order valence-corrected chi connectivity index (χ4v) is 1.40. The standard InChI is InChI=1S/C11H13F4NO/c1-3-4-6(2)5-17-9-7(12)10(14)16-11(15)8(9)13/h6H,3-5H2,1-2H3. The molecule has 0 saturated heterocycles. The molecule has 0 spiro atoms. The van der Waals surface area contributed by atoms with E-state index in [1.54, 1.807) is 0 Å². The molecule has 0 aromatic carbocycles. The largest absolute Gasteiger partial charge is 0.487 e. The lowest BCUT2D eigenvalue weighted by atomic mass is 10.1. The molecule has 1 atom stereocenters. The maximum absolute atomic E-state index is 13.1. The number of nitrogens with zero attached hydrogens (tertiary/aromatic N) is 1. The van der Waals surface area contributed by atoms with Gasteiger partial charge in [0.2, 0.25) is 11.6 Å². The van der Waals surface area contributed by atoms with Crippen LogP contribution in [0.2, 0.25) is 0 Å². The Kier molecular flexibility index (Phi) is 4.72. The van der Waals surface area contributed by atoms with Gasteiger partial charge in [0.15, 0.2) is 5.75 Å². The van der Waals surface area contributed by atoms with Crippen LogP contribution >= 0.6 is 0 Å². The second-order valence-corrected chi connectivity index (χ2v) is 3.86. The normalized spacial score (nSPS) is 12.6. The van der Waals surface area contributed by atoms with Crippen molar-refractivity contribution in [1.82, 2.24) is 4.98 Å². The molecule has 0 radical (unpaired) electrons. The monoisotopic (exact) mass is 251 g/mol. The molecule has 1 aromatic heterocycles. The molecule has 0 bridgehead atoms. The van der Waals surface area contributed by atoms with Crippen molar-refractivity contribution in [2.75, 3.05) is 6.61 Å². The van der Waals surface area contributed by atoms with Gasteiger partial charge < -0.3 is 4.74 Å². The molecule has 0 saturated carbocycles. The van der Waals surface area contributed by atoms with Gasteiger partial charge in [0.25, 0.3) is 11.9 Å². The van der Waals surface area contributed by atoms with E-state index >= 15 is 0 Å². The summed E-state index contributed by atoms with van der Waals surface area (Å²) >= 11 is 0. The predicted molar refractivity (Wildman–Crippen MR) is 53.6 cm³/mol. The first-order chi connectivity index (χ1) is 7.97. The Balaban J connectivity index is 2.83. The third-order valence-corrected chi connectivity index (χ3v) is 2.25. The molecule has 96 valence electrons. The zero-order chi connectivity index (χ0) is 13.0. The number of halogens is 4. The van der Waals surface area contributed by atoms with E-state index in [9.17, 15) is 17.6 Å². The van der Waals surface area contributed by atoms with E-state index in [0.29, 0.717) is 0 Å². The maximum Gasteiger partial charge on any atom is 0.255 e. The Morgan fingerprint density at radius 1 is 1.12 bits per heavy atom. The van der Waals surface area contributed by atoms with Crippen molar-refractivity contribution in [2.24, 2.45) is 5.92 Å². The van der Waals surface area contributed by atoms with Crippen LogP contribution in [0.25, 0.3) is 0 Å². The molecule has 0 N–H and O–H groups in total. The smallest absolute Gasteiger partial charge is 0.255 e. The molecule has 1 aromatic rings. The average Bonchev–Trinajstić information content (AvgIpc) is 2.27. The van der Waals surface area contributed by atoms with Crippen LogP contribution < -0.4 is 4.74 Å². The van der Waals surface area contributed by atoms with E-state index in [-0.39, 0.29) is 12.5 Å². The Bertz CT molecular complexity index is 371. The summed E-state index contributed by atoms with van der Waals surface area (Å²) in [5.41, 5.74) is 0. The Morgan fingerprint density at radius 3 is 2.12 bits per heavy atom. The van der Waals surface area contributed by atoms with Crippen LogP contribution in [-0.2, 0) is 0 Å². The molecule has 0 amide bonds. The molecule has 6 heteroatoms. The van der Waals surface area contributed by atoms with E-state index in [4.69, 9.17) is 4.74 Å². The van der Waals surface area contributed by atoms with Crippen LogP contribution in [0, 0.1) is 29.4 Å². The molecule has 1 rings (SSSR count). The molecule has 0 aliphatic heterocycles. The van der Waals surface area contributed by atoms with Gasteiger partial charge in [-0.05, 0) is 12.3 Å². The van der Waals surface area contributed by atoms with Gasteiger partial charge in [-0.2, -0.15) is 22.5 Å². The molecule has 17 heavy (non-hydrogen) atoms. The first kappa shape index (κ1) is 13.7. The highest BCUT2D eigenvalue weighted by Gasteiger charge is 2.22. The van der Waals surface area contributed by atoms with Crippen molar-refractivity contribution < 1.29 is 22.3 Å². The number of hydrogen-bond acceptors (Lipinski definition) is 2. The number of aromatic nitrogens is 1. The number of rotatable bonds is 5. The zero-order valence-electron chi connectivity index (χ0n) is 9.57. The molecular formula is C11H13F4NO. The minimum Gasteiger partial charge on any atom is -0.487 e.